The number of aliphatic hydroxyl groups is 1. The number of aliphatic hydroxyl groups excluding tert-OH is 1. The van der Waals surface area contributed by atoms with Crippen LogP contribution < -0.4 is 0 Å². The van der Waals surface area contributed by atoms with Crippen molar-refractivity contribution in [2.45, 2.75) is 19.4 Å². The topological polar surface area (TPSA) is 38.0 Å². The second-order valence-electron chi connectivity index (χ2n) is 3.98. The lowest BCUT2D eigenvalue weighted by Gasteiger charge is -2.09. The molecule has 0 fully saturated rings. The Labute approximate surface area is 131 Å². The fourth-order valence-corrected chi connectivity index (χ4v) is 5.00. The van der Waals surface area contributed by atoms with Crippen LogP contribution in [0.2, 0.25) is 5.15 Å². The number of aryl methyl sites for hydroxylation is 2. The maximum atomic E-state index is 10.3. The maximum absolute atomic E-state index is 10.3. The van der Waals surface area contributed by atoms with Gasteiger partial charge >= 0.3 is 0 Å². The Hall–Kier alpha value is 0.120. The summed E-state index contributed by atoms with van der Waals surface area (Å²) in [6, 6.07) is 1.92. The van der Waals surface area contributed by atoms with Gasteiger partial charge in [0.15, 0.2) is 0 Å². The van der Waals surface area contributed by atoms with Crippen LogP contribution in [-0.4, -0.2) is 14.9 Å². The number of hydrogen-bond acceptors (Lipinski definition) is 3. The van der Waals surface area contributed by atoms with Crippen LogP contribution in [0.3, 0.4) is 0 Å². The molecule has 0 aliphatic rings. The highest BCUT2D eigenvalue weighted by atomic mass is 79.9. The van der Waals surface area contributed by atoms with Gasteiger partial charge in [0.25, 0.3) is 0 Å². The Morgan fingerprint density at radius 2 is 2.22 bits per heavy atom. The van der Waals surface area contributed by atoms with Gasteiger partial charge in [-0.25, -0.2) is 0 Å². The molecule has 1 atom stereocenters. The highest BCUT2D eigenvalue weighted by Gasteiger charge is 2.20. The van der Waals surface area contributed by atoms with E-state index in [1.807, 2.05) is 13.0 Å². The lowest BCUT2D eigenvalue weighted by Crippen LogP contribution is -2.02. The van der Waals surface area contributed by atoms with Gasteiger partial charge in [-0.2, -0.15) is 5.10 Å². The van der Waals surface area contributed by atoms with Crippen molar-refractivity contribution in [2.75, 3.05) is 0 Å². The lowest BCUT2D eigenvalue weighted by atomic mass is 10.0. The molecule has 1 N–H and O–H groups in total. The number of nitrogens with zero attached hydrogens (tertiary/aromatic N) is 2. The molecular formula is C11H11Br2ClN2OS. The van der Waals surface area contributed by atoms with Gasteiger partial charge in [0.1, 0.15) is 5.15 Å². The predicted molar refractivity (Wildman–Crippen MR) is 81.3 cm³/mol. The third kappa shape index (κ3) is 2.82. The number of aromatic nitrogens is 2. The summed E-state index contributed by atoms with van der Waals surface area (Å²) < 4.78 is 3.54. The number of rotatable bonds is 3. The molecular weight excluding hydrogens is 403 g/mol. The van der Waals surface area contributed by atoms with Gasteiger partial charge in [-0.1, -0.05) is 11.6 Å². The lowest BCUT2D eigenvalue weighted by molar-refractivity contribution is 0.178. The van der Waals surface area contributed by atoms with E-state index >= 15 is 0 Å². The average molecular weight is 415 g/mol. The normalized spacial score (nSPS) is 13.0. The third-order valence-corrected chi connectivity index (χ3v) is 5.57. The van der Waals surface area contributed by atoms with Crippen molar-refractivity contribution in [3.63, 3.8) is 0 Å². The van der Waals surface area contributed by atoms with Crippen molar-refractivity contribution < 1.29 is 5.11 Å². The molecule has 2 aromatic heterocycles. The Balaban J connectivity index is 2.26. The molecule has 2 rings (SSSR count). The van der Waals surface area contributed by atoms with Crippen LogP contribution in [0.15, 0.2) is 13.6 Å². The molecule has 7 heteroatoms. The number of halogens is 3. The van der Waals surface area contributed by atoms with Gasteiger partial charge in [-0.3, -0.25) is 4.68 Å². The van der Waals surface area contributed by atoms with Crippen LogP contribution in [-0.2, 0) is 13.5 Å². The summed E-state index contributed by atoms with van der Waals surface area (Å²) in [5.41, 5.74) is 2.61. The first kappa shape index (κ1) is 14.5. The van der Waals surface area contributed by atoms with Crippen LogP contribution in [0.4, 0.5) is 0 Å². The first-order valence-electron chi connectivity index (χ1n) is 5.21. The van der Waals surface area contributed by atoms with Crippen LogP contribution >= 0.6 is 54.8 Å². The Morgan fingerprint density at radius 3 is 2.67 bits per heavy atom. The minimum Gasteiger partial charge on any atom is -0.388 e. The van der Waals surface area contributed by atoms with E-state index in [1.165, 1.54) is 0 Å². The summed E-state index contributed by atoms with van der Waals surface area (Å²) in [7, 11) is 1.79. The first-order valence-corrected chi connectivity index (χ1v) is 7.99. The minimum absolute atomic E-state index is 0.459. The van der Waals surface area contributed by atoms with Crippen molar-refractivity contribution >= 4 is 54.8 Å². The van der Waals surface area contributed by atoms with E-state index in [9.17, 15) is 5.11 Å². The summed E-state index contributed by atoms with van der Waals surface area (Å²) >= 11 is 14.6. The second-order valence-corrected chi connectivity index (χ2v) is 8.09. The molecule has 0 aliphatic heterocycles. The van der Waals surface area contributed by atoms with Crippen LogP contribution in [0.1, 0.15) is 22.9 Å². The Morgan fingerprint density at radius 1 is 1.56 bits per heavy atom. The standard InChI is InChI=1S/C11H11Br2ClN2OS/c1-5-6(11(14)16(2)15-5)3-8(17)7-4-9(12)18-10(7)13/h4,8,17H,3H2,1-2H3. The molecule has 0 aliphatic carbocycles. The van der Waals surface area contributed by atoms with Gasteiger partial charge in [-0.15, -0.1) is 11.3 Å². The molecule has 0 amide bonds. The van der Waals surface area contributed by atoms with E-state index < -0.39 is 6.10 Å². The minimum atomic E-state index is -0.595. The average Bonchev–Trinajstić information content (AvgIpc) is 2.73. The molecule has 0 spiro atoms. The smallest absolute Gasteiger partial charge is 0.130 e. The molecule has 0 aromatic carbocycles. The Bertz CT molecular complexity index is 582. The first-order chi connectivity index (χ1) is 8.40. The van der Waals surface area contributed by atoms with Crippen LogP contribution in [0.5, 0.6) is 0 Å². The SMILES string of the molecule is Cc1nn(C)c(Cl)c1CC(O)c1cc(Br)sc1Br. The molecule has 0 saturated heterocycles. The van der Waals surface area contributed by atoms with E-state index in [1.54, 1.807) is 23.1 Å². The van der Waals surface area contributed by atoms with Gasteiger partial charge in [0.2, 0.25) is 0 Å². The highest BCUT2D eigenvalue weighted by Crippen LogP contribution is 2.37. The molecule has 1 unspecified atom stereocenters. The molecule has 0 bridgehead atoms. The van der Waals surface area contributed by atoms with Crippen molar-refractivity contribution in [1.82, 2.24) is 9.78 Å². The highest BCUT2D eigenvalue weighted by molar-refractivity contribution is 9.12. The van der Waals surface area contributed by atoms with Gasteiger partial charge in [0.05, 0.1) is 19.4 Å². The Kier molecular flexibility index (Phi) is 4.54. The number of thiophene rings is 1. The molecule has 0 saturated carbocycles. The predicted octanol–water partition coefficient (Wildman–Crippen LogP) is 4.24. The molecule has 2 heterocycles. The monoisotopic (exact) mass is 412 g/mol. The van der Waals surface area contributed by atoms with E-state index in [2.05, 4.69) is 37.0 Å². The summed E-state index contributed by atoms with van der Waals surface area (Å²) in [5.74, 6) is 0. The maximum Gasteiger partial charge on any atom is 0.130 e. The largest absolute Gasteiger partial charge is 0.388 e. The zero-order chi connectivity index (χ0) is 13.4. The van der Waals surface area contributed by atoms with Crippen molar-refractivity contribution in [2.24, 2.45) is 7.05 Å². The summed E-state index contributed by atoms with van der Waals surface area (Å²) in [6.45, 7) is 1.90. The van der Waals surface area contributed by atoms with E-state index in [0.717, 1.165) is 24.4 Å². The van der Waals surface area contributed by atoms with Gasteiger partial charge in [0, 0.05) is 24.6 Å². The third-order valence-electron chi connectivity index (χ3n) is 2.71. The molecule has 0 radical (unpaired) electrons. The van der Waals surface area contributed by atoms with Crippen molar-refractivity contribution in [1.29, 1.82) is 0 Å². The molecule has 98 valence electrons. The van der Waals surface area contributed by atoms with E-state index in [-0.39, 0.29) is 0 Å². The summed E-state index contributed by atoms with van der Waals surface area (Å²) in [6.07, 6.45) is -0.136. The zero-order valence-electron chi connectivity index (χ0n) is 9.75. The van der Waals surface area contributed by atoms with Crippen molar-refractivity contribution in [3.05, 3.63) is 35.6 Å². The summed E-state index contributed by atoms with van der Waals surface area (Å²) in [5, 5.41) is 15.1. The number of hydrogen-bond donors (Lipinski definition) is 1. The van der Waals surface area contributed by atoms with Crippen molar-refractivity contribution in [3.8, 4) is 0 Å². The van der Waals surface area contributed by atoms with Gasteiger partial charge in [-0.05, 0) is 44.8 Å². The fraction of sp³-hybridized carbons (Fsp3) is 0.364. The molecule has 3 nitrogen and oxygen atoms in total. The quantitative estimate of drug-likeness (QED) is 0.816. The fourth-order valence-electron chi connectivity index (χ4n) is 1.79. The molecule has 2 aromatic rings. The van der Waals surface area contributed by atoms with E-state index in [0.29, 0.717) is 11.6 Å². The van der Waals surface area contributed by atoms with E-state index in [4.69, 9.17) is 11.6 Å². The van der Waals surface area contributed by atoms with Gasteiger partial charge < -0.3 is 5.11 Å². The second kappa shape index (κ2) is 5.63. The zero-order valence-corrected chi connectivity index (χ0v) is 14.5. The van der Waals surface area contributed by atoms with Crippen LogP contribution in [0.25, 0.3) is 0 Å². The van der Waals surface area contributed by atoms with Crippen LogP contribution in [0, 0.1) is 6.92 Å². The molecule has 18 heavy (non-hydrogen) atoms. The summed E-state index contributed by atoms with van der Waals surface area (Å²) in [4.78, 5) is 0.